The van der Waals surface area contributed by atoms with E-state index in [1.165, 1.54) is 7.11 Å². The first-order valence-electron chi connectivity index (χ1n) is 13.6. The van der Waals surface area contributed by atoms with E-state index in [-0.39, 0.29) is 16.9 Å². The Morgan fingerprint density at radius 2 is 1.60 bits per heavy atom. The maximum absolute atomic E-state index is 13.3. The molecule has 0 atom stereocenters. The average molecular weight is 590 g/mol. The van der Waals surface area contributed by atoms with Crippen LogP contribution < -0.4 is 20.1 Å². The van der Waals surface area contributed by atoms with Gasteiger partial charge in [-0.05, 0) is 78.3 Å². The lowest BCUT2D eigenvalue weighted by Crippen LogP contribution is -2.22. The minimum atomic E-state index is -3.59. The van der Waals surface area contributed by atoms with Crippen molar-refractivity contribution in [1.29, 1.82) is 0 Å². The highest BCUT2D eigenvalue weighted by Crippen LogP contribution is 2.39. The third-order valence-electron chi connectivity index (χ3n) is 6.72. The van der Waals surface area contributed by atoms with E-state index in [9.17, 15) is 13.2 Å². The number of carbonyl (C=O) groups is 1. The van der Waals surface area contributed by atoms with Crippen LogP contribution in [-0.2, 0) is 28.4 Å². The lowest BCUT2D eigenvalue weighted by Gasteiger charge is -2.24. The summed E-state index contributed by atoms with van der Waals surface area (Å²) < 4.78 is 32.2. The molecule has 10 heteroatoms. The lowest BCUT2D eigenvalue weighted by molar-refractivity contribution is 0.262. The largest absolute Gasteiger partial charge is 0.492 e. The summed E-state index contributed by atoms with van der Waals surface area (Å²) in [7, 11) is 1.88. The Kier molecular flexibility index (Phi) is 9.08. The molecule has 0 radical (unpaired) electrons. The number of methoxy groups -OCH3 is 1. The number of nitrogens with one attached hydrogen (secondary N) is 3. The fraction of sp³-hybridized carbons (Fsp3) is 0.312. The number of sulfonamides is 1. The van der Waals surface area contributed by atoms with Gasteiger partial charge in [0.05, 0.1) is 36.1 Å². The normalized spacial score (nSPS) is 11.9. The van der Waals surface area contributed by atoms with Crippen LogP contribution in [0.25, 0.3) is 10.8 Å². The average Bonchev–Trinajstić information content (AvgIpc) is 2.88. The molecule has 2 amide bonds. The van der Waals surface area contributed by atoms with Gasteiger partial charge in [-0.3, -0.25) is 9.71 Å². The third kappa shape index (κ3) is 7.77. The van der Waals surface area contributed by atoms with Gasteiger partial charge < -0.3 is 20.3 Å². The lowest BCUT2D eigenvalue weighted by atomic mass is 9.86. The number of ether oxygens (including phenoxy) is 1. The molecule has 222 valence electrons. The van der Waals surface area contributed by atoms with E-state index in [2.05, 4.69) is 37.4 Å². The zero-order valence-corrected chi connectivity index (χ0v) is 26.0. The zero-order chi connectivity index (χ0) is 30.7. The summed E-state index contributed by atoms with van der Waals surface area (Å²) in [4.78, 5) is 19.9. The standard InChI is InChI=1S/C32H39N5O4S/c1-32(2,3)23-18-28(30(41-6)29(19-23)36-42(7,39)40)35-31(38)34-27-13-12-22(25-10-8-9-11-26(25)27)16-21-14-15-33-24(17-21)20-37(4)5/h8-15,17-19,36H,16,20H2,1-7H3,(H2,34,35,38). The summed E-state index contributed by atoms with van der Waals surface area (Å²) in [6, 6.07) is 19.1. The van der Waals surface area contributed by atoms with E-state index in [4.69, 9.17) is 4.74 Å². The van der Waals surface area contributed by atoms with Crippen LogP contribution >= 0.6 is 0 Å². The van der Waals surface area contributed by atoms with Crippen LogP contribution in [-0.4, -0.2) is 51.8 Å². The molecule has 1 heterocycles. The van der Waals surface area contributed by atoms with Crippen molar-refractivity contribution in [2.24, 2.45) is 0 Å². The van der Waals surface area contributed by atoms with Gasteiger partial charge in [0.2, 0.25) is 10.0 Å². The Bertz CT molecular complexity index is 1710. The molecule has 9 nitrogen and oxygen atoms in total. The van der Waals surface area contributed by atoms with E-state index >= 15 is 0 Å². The van der Waals surface area contributed by atoms with Crippen molar-refractivity contribution in [3.05, 3.63) is 89.2 Å². The molecule has 42 heavy (non-hydrogen) atoms. The fourth-order valence-electron chi connectivity index (χ4n) is 4.82. The zero-order valence-electron chi connectivity index (χ0n) is 25.2. The number of hydrogen-bond acceptors (Lipinski definition) is 6. The van der Waals surface area contributed by atoms with Crippen LogP contribution in [0, 0.1) is 0 Å². The Balaban J connectivity index is 1.64. The van der Waals surface area contributed by atoms with Gasteiger partial charge in [0, 0.05) is 18.1 Å². The summed E-state index contributed by atoms with van der Waals surface area (Å²) in [6.45, 7) is 6.78. The Morgan fingerprint density at radius 3 is 2.24 bits per heavy atom. The van der Waals surface area contributed by atoms with Crippen molar-refractivity contribution in [1.82, 2.24) is 9.88 Å². The Morgan fingerprint density at radius 1 is 0.929 bits per heavy atom. The first-order chi connectivity index (χ1) is 19.7. The molecule has 0 fully saturated rings. The van der Waals surface area contributed by atoms with Crippen molar-refractivity contribution in [2.45, 2.75) is 39.2 Å². The number of benzene rings is 3. The second-order valence-corrected chi connectivity index (χ2v) is 13.4. The Hall–Kier alpha value is -4.15. The van der Waals surface area contributed by atoms with Gasteiger partial charge in [-0.1, -0.05) is 51.1 Å². The monoisotopic (exact) mass is 589 g/mol. The molecule has 1 aromatic heterocycles. The van der Waals surface area contributed by atoms with Crippen LogP contribution in [0.4, 0.5) is 21.9 Å². The SMILES string of the molecule is COc1c(NC(=O)Nc2ccc(Cc3ccnc(CN(C)C)c3)c3ccccc23)cc(C(C)(C)C)cc1NS(C)(=O)=O. The molecule has 0 saturated carbocycles. The highest BCUT2D eigenvalue weighted by atomic mass is 32.2. The molecule has 0 bridgehead atoms. The number of nitrogens with zero attached hydrogens (tertiary/aromatic N) is 2. The molecule has 0 aliphatic heterocycles. The number of urea groups is 1. The molecule has 0 saturated heterocycles. The molecule has 3 N–H and O–H groups in total. The maximum Gasteiger partial charge on any atom is 0.323 e. The quantitative estimate of drug-likeness (QED) is 0.214. The molecule has 0 unspecified atom stereocenters. The second-order valence-electron chi connectivity index (χ2n) is 11.7. The number of fused-ring (bicyclic) bond motifs is 1. The van der Waals surface area contributed by atoms with Crippen molar-refractivity contribution in [2.75, 3.05) is 42.8 Å². The predicted octanol–water partition coefficient (Wildman–Crippen LogP) is 6.21. The molecular formula is C32H39N5O4S. The van der Waals surface area contributed by atoms with Gasteiger partial charge >= 0.3 is 6.03 Å². The van der Waals surface area contributed by atoms with Crippen LogP contribution in [0.1, 0.15) is 43.2 Å². The van der Waals surface area contributed by atoms with Gasteiger partial charge in [-0.2, -0.15) is 0 Å². The number of hydrogen-bond donors (Lipinski definition) is 3. The van der Waals surface area contributed by atoms with Crippen LogP contribution in [0.2, 0.25) is 0 Å². The smallest absolute Gasteiger partial charge is 0.323 e. The number of amides is 2. The van der Waals surface area contributed by atoms with E-state index in [1.54, 1.807) is 12.1 Å². The summed E-state index contributed by atoms with van der Waals surface area (Å²) in [5.74, 6) is 0.217. The number of rotatable bonds is 9. The summed E-state index contributed by atoms with van der Waals surface area (Å²) in [6.07, 6.45) is 3.64. The summed E-state index contributed by atoms with van der Waals surface area (Å²) in [5.41, 5.74) is 5.06. The van der Waals surface area contributed by atoms with Crippen molar-refractivity contribution >= 4 is 43.9 Å². The minimum absolute atomic E-state index is 0.217. The van der Waals surface area contributed by atoms with E-state index < -0.39 is 16.1 Å². The van der Waals surface area contributed by atoms with Gasteiger partial charge in [0.25, 0.3) is 0 Å². The highest BCUT2D eigenvalue weighted by molar-refractivity contribution is 7.92. The van der Waals surface area contributed by atoms with Crippen LogP contribution in [0.5, 0.6) is 5.75 Å². The van der Waals surface area contributed by atoms with Crippen LogP contribution in [0.3, 0.4) is 0 Å². The predicted molar refractivity (Wildman–Crippen MR) is 171 cm³/mol. The van der Waals surface area contributed by atoms with Crippen LogP contribution in [0.15, 0.2) is 66.9 Å². The van der Waals surface area contributed by atoms with Gasteiger partial charge in [0.1, 0.15) is 0 Å². The fourth-order valence-corrected chi connectivity index (χ4v) is 5.37. The van der Waals surface area contributed by atoms with E-state index in [0.717, 1.165) is 52.4 Å². The molecule has 0 spiro atoms. The molecule has 4 aromatic rings. The van der Waals surface area contributed by atoms with E-state index in [1.807, 2.05) is 77.5 Å². The third-order valence-corrected chi connectivity index (χ3v) is 7.31. The summed E-state index contributed by atoms with van der Waals surface area (Å²) >= 11 is 0. The van der Waals surface area contributed by atoms with E-state index in [0.29, 0.717) is 11.4 Å². The van der Waals surface area contributed by atoms with Gasteiger partial charge in [-0.25, -0.2) is 13.2 Å². The van der Waals surface area contributed by atoms with Crippen molar-refractivity contribution in [3.8, 4) is 5.75 Å². The first-order valence-corrected chi connectivity index (χ1v) is 15.5. The number of aromatic nitrogens is 1. The molecular weight excluding hydrogens is 550 g/mol. The first kappa shape index (κ1) is 30.8. The molecule has 3 aromatic carbocycles. The van der Waals surface area contributed by atoms with Gasteiger partial charge in [0.15, 0.2) is 5.75 Å². The maximum atomic E-state index is 13.3. The Labute approximate surface area is 248 Å². The number of anilines is 3. The molecule has 0 aliphatic rings. The van der Waals surface area contributed by atoms with Crippen molar-refractivity contribution < 1.29 is 17.9 Å². The number of carbonyl (C=O) groups excluding carboxylic acids is 1. The molecule has 0 aliphatic carbocycles. The minimum Gasteiger partial charge on any atom is -0.492 e. The summed E-state index contributed by atoms with van der Waals surface area (Å²) in [5, 5.41) is 7.78. The van der Waals surface area contributed by atoms with Gasteiger partial charge in [-0.15, -0.1) is 0 Å². The molecule has 4 rings (SSSR count). The topological polar surface area (TPSA) is 113 Å². The second kappa shape index (κ2) is 12.4. The van der Waals surface area contributed by atoms with Crippen molar-refractivity contribution in [3.63, 3.8) is 0 Å². The number of pyridine rings is 1. The highest BCUT2D eigenvalue weighted by Gasteiger charge is 2.22.